The van der Waals surface area contributed by atoms with Crippen LogP contribution < -0.4 is 19.5 Å². The van der Waals surface area contributed by atoms with Crippen LogP contribution >= 0.6 is 0 Å². The van der Waals surface area contributed by atoms with Gasteiger partial charge in [-0.05, 0) is 48.5 Å². The number of rotatable bonds is 7. The number of aromatic amines is 1. The first kappa shape index (κ1) is 21.0. The Labute approximate surface area is 195 Å². The van der Waals surface area contributed by atoms with E-state index in [-0.39, 0.29) is 0 Å². The maximum Gasteiger partial charge on any atom is 0.173 e. The molecular weight excluding hydrogens is 430 g/mol. The van der Waals surface area contributed by atoms with Gasteiger partial charge >= 0.3 is 0 Å². The maximum absolute atomic E-state index is 9.50. The average Bonchev–Trinajstić information content (AvgIpc) is 3.45. The van der Waals surface area contributed by atoms with Gasteiger partial charge < -0.3 is 19.5 Å². The largest absolute Gasteiger partial charge is 0.493 e. The number of nitrogens with one attached hydrogen (secondary N) is 2. The molecule has 0 atom stereocenters. The van der Waals surface area contributed by atoms with Crippen LogP contribution in [0, 0.1) is 11.3 Å². The van der Waals surface area contributed by atoms with Crippen molar-refractivity contribution in [3.63, 3.8) is 0 Å². The highest BCUT2D eigenvalue weighted by atomic mass is 16.5. The second-order valence-corrected chi connectivity index (χ2v) is 7.40. The number of hydrogen-bond donors (Lipinski definition) is 2. The van der Waals surface area contributed by atoms with Gasteiger partial charge in [0.2, 0.25) is 0 Å². The second kappa shape index (κ2) is 8.92. The minimum atomic E-state index is 0.450. The molecule has 0 aliphatic carbocycles. The smallest absolute Gasteiger partial charge is 0.173 e. The van der Waals surface area contributed by atoms with E-state index in [1.807, 2.05) is 72.8 Å². The Morgan fingerprint density at radius 2 is 1.65 bits per heavy atom. The summed E-state index contributed by atoms with van der Waals surface area (Å²) < 4.78 is 18.4. The summed E-state index contributed by atoms with van der Waals surface area (Å²) in [4.78, 5) is 4.75. The molecule has 168 valence electrons. The molecule has 2 aromatic heterocycles. The van der Waals surface area contributed by atoms with Gasteiger partial charge in [0.1, 0.15) is 28.8 Å². The van der Waals surface area contributed by atoms with Crippen molar-refractivity contribution in [2.45, 2.75) is 0 Å². The molecule has 0 bridgehead atoms. The summed E-state index contributed by atoms with van der Waals surface area (Å²) >= 11 is 0. The zero-order chi connectivity index (χ0) is 23.5. The Balaban J connectivity index is 1.53. The molecule has 34 heavy (non-hydrogen) atoms. The highest BCUT2D eigenvalue weighted by Crippen LogP contribution is 2.36. The Bertz CT molecular complexity index is 1480. The number of aromatic nitrogens is 3. The zero-order valence-corrected chi connectivity index (χ0v) is 18.6. The van der Waals surface area contributed by atoms with Gasteiger partial charge in [0.15, 0.2) is 23.0 Å². The molecule has 0 amide bonds. The standard InChI is InChI=1S/C26H21N5O3/c1-32-22-13-10-19(14-23(22)33-2)29-26-24(30-25-18(15-27)16-28-31(25)26)17-8-11-21(12-9-17)34-20-6-4-3-5-7-20/h3-14,16,28-29H,1-2H3. The van der Waals surface area contributed by atoms with E-state index in [0.29, 0.717) is 40.0 Å². The van der Waals surface area contributed by atoms with Crippen LogP contribution in [0.15, 0.2) is 79.0 Å². The summed E-state index contributed by atoms with van der Waals surface area (Å²) in [5.41, 5.74) is 3.31. The van der Waals surface area contributed by atoms with Crippen LogP contribution in [-0.4, -0.2) is 28.8 Å². The minimum Gasteiger partial charge on any atom is -0.493 e. The van der Waals surface area contributed by atoms with Crippen LogP contribution in [-0.2, 0) is 0 Å². The Hall–Kier alpha value is -4.90. The number of H-pyrrole nitrogens is 1. The van der Waals surface area contributed by atoms with Crippen molar-refractivity contribution in [2.75, 3.05) is 19.5 Å². The van der Waals surface area contributed by atoms with Gasteiger partial charge in [0.25, 0.3) is 0 Å². The lowest BCUT2D eigenvalue weighted by molar-refractivity contribution is 0.355. The van der Waals surface area contributed by atoms with Crippen LogP contribution in [0.2, 0.25) is 0 Å². The number of benzene rings is 3. The highest BCUT2D eigenvalue weighted by molar-refractivity contribution is 5.81. The number of imidazole rings is 1. The van der Waals surface area contributed by atoms with Gasteiger partial charge in [-0.3, -0.25) is 5.10 Å². The summed E-state index contributed by atoms with van der Waals surface area (Å²) in [6.45, 7) is 0. The van der Waals surface area contributed by atoms with E-state index in [1.165, 1.54) is 0 Å². The summed E-state index contributed by atoms with van der Waals surface area (Å²) in [6, 6.07) is 25.0. The summed E-state index contributed by atoms with van der Waals surface area (Å²) in [5, 5.41) is 16.0. The quantitative estimate of drug-likeness (QED) is 0.327. The van der Waals surface area contributed by atoms with Gasteiger partial charge in [-0.15, -0.1) is 0 Å². The number of para-hydroxylation sites is 1. The predicted octanol–water partition coefficient (Wildman–Crippen LogP) is 5.75. The average molecular weight is 451 g/mol. The van der Waals surface area contributed by atoms with E-state index in [9.17, 15) is 5.26 Å². The first-order valence-corrected chi connectivity index (χ1v) is 10.5. The number of hydrogen-bond acceptors (Lipinski definition) is 6. The molecule has 8 heteroatoms. The highest BCUT2D eigenvalue weighted by Gasteiger charge is 2.19. The predicted molar refractivity (Wildman–Crippen MR) is 129 cm³/mol. The lowest BCUT2D eigenvalue weighted by atomic mass is 10.1. The summed E-state index contributed by atoms with van der Waals surface area (Å²) in [7, 11) is 3.18. The Morgan fingerprint density at radius 1 is 0.912 bits per heavy atom. The van der Waals surface area contributed by atoms with Gasteiger partial charge in [-0.25, -0.2) is 9.50 Å². The SMILES string of the molecule is COc1ccc(Nc2c(-c3ccc(Oc4ccccc4)cc3)nc3c(C#N)c[nH]n23)cc1OC. The second-order valence-electron chi connectivity index (χ2n) is 7.40. The van der Waals surface area contributed by atoms with Crippen molar-refractivity contribution in [2.24, 2.45) is 0 Å². The van der Waals surface area contributed by atoms with E-state index in [0.717, 1.165) is 17.0 Å². The monoisotopic (exact) mass is 451 g/mol. The first-order valence-electron chi connectivity index (χ1n) is 10.5. The summed E-state index contributed by atoms with van der Waals surface area (Å²) in [5.74, 6) is 3.39. The third-order valence-electron chi connectivity index (χ3n) is 5.33. The molecule has 0 aliphatic heterocycles. The number of nitriles is 1. The number of methoxy groups -OCH3 is 2. The van der Waals surface area contributed by atoms with Crippen molar-refractivity contribution in [1.29, 1.82) is 5.26 Å². The molecule has 2 N–H and O–H groups in total. The molecular formula is C26H21N5O3. The van der Waals surface area contributed by atoms with Gasteiger partial charge in [0, 0.05) is 23.5 Å². The van der Waals surface area contributed by atoms with Crippen LogP contribution in [0.25, 0.3) is 16.9 Å². The molecule has 0 saturated carbocycles. The minimum absolute atomic E-state index is 0.450. The van der Waals surface area contributed by atoms with Crippen molar-refractivity contribution < 1.29 is 14.2 Å². The zero-order valence-electron chi connectivity index (χ0n) is 18.6. The molecule has 0 spiro atoms. The fourth-order valence-corrected chi connectivity index (χ4v) is 3.68. The molecule has 3 aromatic carbocycles. The fourth-order valence-electron chi connectivity index (χ4n) is 3.68. The normalized spacial score (nSPS) is 10.6. The van der Waals surface area contributed by atoms with Crippen molar-refractivity contribution >= 4 is 17.2 Å². The third-order valence-corrected chi connectivity index (χ3v) is 5.33. The first-order chi connectivity index (χ1) is 16.7. The Morgan fingerprint density at radius 3 is 2.35 bits per heavy atom. The Kier molecular flexibility index (Phi) is 5.50. The van der Waals surface area contributed by atoms with Crippen LogP contribution in [0.5, 0.6) is 23.0 Å². The maximum atomic E-state index is 9.50. The molecule has 0 aliphatic rings. The number of ether oxygens (including phenoxy) is 3. The molecule has 0 saturated heterocycles. The lowest BCUT2D eigenvalue weighted by Gasteiger charge is -2.12. The van der Waals surface area contributed by atoms with Crippen molar-refractivity contribution in [1.82, 2.24) is 14.6 Å². The van der Waals surface area contributed by atoms with E-state index in [4.69, 9.17) is 19.2 Å². The molecule has 5 aromatic rings. The fraction of sp³-hybridized carbons (Fsp3) is 0.0769. The van der Waals surface area contributed by atoms with E-state index < -0.39 is 0 Å². The number of fused-ring (bicyclic) bond motifs is 1. The topological polar surface area (TPSA) is 96.6 Å². The number of nitrogens with zero attached hydrogens (tertiary/aromatic N) is 3. The van der Waals surface area contributed by atoms with E-state index in [2.05, 4.69) is 16.5 Å². The number of anilines is 2. The molecule has 0 radical (unpaired) electrons. The molecule has 5 rings (SSSR count). The third kappa shape index (κ3) is 3.87. The van der Waals surface area contributed by atoms with Gasteiger partial charge in [-0.1, -0.05) is 18.2 Å². The summed E-state index contributed by atoms with van der Waals surface area (Å²) in [6.07, 6.45) is 1.63. The van der Waals surface area contributed by atoms with Crippen molar-refractivity contribution in [3.05, 3.63) is 84.6 Å². The molecule has 2 heterocycles. The van der Waals surface area contributed by atoms with E-state index >= 15 is 0 Å². The lowest BCUT2D eigenvalue weighted by Crippen LogP contribution is -1.99. The van der Waals surface area contributed by atoms with Crippen LogP contribution in [0.4, 0.5) is 11.5 Å². The molecule has 0 fully saturated rings. The van der Waals surface area contributed by atoms with Gasteiger partial charge in [-0.2, -0.15) is 5.26 Å². The molecule has 0 unspecified atom stereocenters. The van der Waals surface area contributed by atoms with Gasteiger partial charge in [0.05, 0.1) is 14.2 Å². The van der Waals surface area contributed by atoms with Crippen LogP contribution in [0.1, 0.15) is 5.56 Å². The van der Waals surface area contributed by atoms with Crippen LogP contribution in [0.3, 0.4) is 0 Å². The molecule has 8 nitrogen and oxygen atoms in total. The van der Waals surface area contributed by atoms with Crippen molar-refractivity contribution in [3.8, 4) is 40.3 Å². The van der Waals surface area contributed by atoms with E-state index in [1.54, 1.807) is 24.9 Å².